The van der Waals surface area contributed by atoms with Crippen LogP contribution >= 0.6 is 0 Å². The fraction of sp³-hybridized carbons (Fsp3) is 0.500. The Balaban J connectivity index is 1.24. The molecule has 0 atom stereocenters. The van der Waals surface area contributed by atoms with Crippen LogP contribution in [-0.4, -0.2) is 91.0 Å². The topological polar surface area (TPSA) is 132 Å². The van der Waals surface area contributed by atoms with Crippen molar-refractivity contribution in [3.05, 3.63) is 48.0 Å². The number of morpholine rings is 1. The van der Waals surface area contributed by atoms with Gasteiger partial charge >= 0.3 is 0 Å². The predicted molar refractivity (Wildman–Crippen MR) is 144 cm³/mol. The summed E-state index contributed by atoms with van der Waals surface area (Å²) in [6, 6.07) is 10.9. The van der Waals surface area contributed by atoms with Gasteiger partial charge in [0.15, 0.2) is 0 Å². The highest BCUT2D eigenvalue weighted by atomic mass is 32.2. The minimum atomic E-state index is -3.57. The van der Waals surface area contributed by atoms with Crippen molar-refractivity contribution in [1.82, 2.24) is 13.9 Å². The van der Waals surface area contributed by atoms with Crippen molar-refractivity contribution in [2.45, 2.75) is 35.5 Å². The molecule has 2 saturated heterocycles. The molecule has 0 spiro atoms. The first-order valence-electron chi connectivity index (χ1n) is 13.0. The van der Waals surface area contributed by atoms with Crippen LogP contribution in [-0.2, 0) is 36.0 Å². The zero-order valence-corrected chi connectivity index (χ0v) is 23.6. The van der Waals surface area contributed by atoms with Crippen molar-refractivity contribution in [3.63, 3.8) is 0 Å². The van der Waals surface area contributed by atoms with Gasteiger partial charge < -0.3 is 19.5 Å². The van der Waals surface area contributed by atoms with Gasteiger partial charge in [0.1, 0.15) is 18.1 Å². The Morgan fingerprint density at radius 2 is 1.51 bits per heavy atom. The van der Waals surface area contributed by atoms with Gasteiger partial charge in [0, 0.05) is 32.6 Å². The van der Waals surface area contributed by atoms with Crippen molar-refractivity contribution < 1.29 is 35.8 Å². The minimum Gasteiger partial charge on any atom is -0.496 e. The van der Waals surface area contributed by atoms with Gasteiger partial charge in [-0.2, -0.15) is 8.61 Å². The molecule has 0 aromatic heterocycles. The van der Waals surface area contributed by atoms with Crippen LogP contribution in [0, 0.1) is 0 Å². The van der Waals surface area contributed by atoms with Crippen molar-refractivity contribution in [1.29, 1.82) is 0 Å². The molecule has 214 valence electrons. The van der Waals surface area contributed by atoms with Crippen molar-refractivity contribution >= 4 is 26.0 Å². The second kappa shape index (κ2) is 13.1. The van der Waals surface area contributed by atoms with E-state index in [1.807, 2.05) is 0 Å². The summed E-state index contributed by atoms with van der Waals surface area (Å²) in [5.41, 5.74) is 0.649. The third-order valence-corrected chi connectivity index (χ3v) is 10.5. The van der Waals surface area contributed by atoms with Gasteiger partial charge in [-0.1, -0.05) is 0 Å². The normalized spacial score (nSPS) is 17.2. The summed E-state index contributed by atoms with van der Waals surface area (Å²) >= 11 is 0. The third-order valence-electron chi connectivity index (χ3n) is 6.70. The molecule has 4 rings (SSSR count). The smallest absolute Gasteiger partial charge is 0.243 e. The zero-order chi connectivity index (χ0) is 27.9. The number of rotatable bonds is 12. The second-order valence-electron chi connectivity index (χ2n) is 9.27. The number of sulfonamides is 2. The molecule has 2 aliphatic heterocycles. The van der Waals surface area contributed by atoms with Crippen molar-refractivity contribution in [3.8, 4) is 11.5 Å². The van der Waals surface area contributed by atoms with Gasteiger partial charge in [0.05, 0.1) is 36.7 Å². The number of hydrogen-bond donors (Lipinski definition) is 1. The number of aryl methyl sites for hydroxylation is 1. The summed E-state index contributed by atoms with van der Waals surface area (Å²) in [7, 11) is -5.63. The lowest BCUT2D eigenvalue weighted by atomic mass is 10.1. The summed E-state index contributed by atoms with van der Waals surface area (Å²) in [6.07, 6.45) is 2.18. The molecule has 0 unspecified atom stereocenters. The van der Waals surface area contributed by atoms with Crippen LogP contribution in [0.1, 0.15) is 24.8 Å². The Hall–Kier alpha value is -2.71. The Kier molecular flexibility index (Phi) is 9.83. The van der Waals surface area contributed by atoms with Gasteiger partial charge in [0.25, 0.3) is 0 Å². The van der Waals surface area contributed by atoms with Crippen molar-refractivity contribution in [2.75, 3.05) is 59.7 Å². The predicted octanol–water partition coefficient (Wildman–Crippen LogP) is 1.63. The molecule has 2 fully saturated rings. The summed E-state index contributed by atoms with van der Waals surface area (Å²) in [6.45, 7) is 2.92. The average molecular weight is 582 g/mol. The molecule has 2 heterocycles. The number of carbonyl (C=O) groups is 1. The lowest BCUT2D eigenvalue weighted by molar-refractivity contribution is -0.121. The molecule has 0 radical (unpaired) electrons. The maximum absolute atomic E-state index is 12.9. The Bertz CT molecular complexity index is 1340. The van der Waals surface area contributed by atoms with E-state index in [9.17, 15) is 21.6 Å². The van der Waals surface area contributed by atoms with Gasteiger partial charge in [-0.25, -0.2) is 16.8 Å². The zero-order valence-electron chi connectivity index (χ0n) is 22.0. The largest absolute Gasteiger partial charge is 0.496 e. The van der Waals surface area contributed by atoms with Crippen LogP contribution in [0.15, 0.2) is 52.3 Å². The van der Waals surface area contributed by atoms with Crippen LogP contribution < -0.4 is 14.8 Å². The van der Waals surface area contributed by atoms with E-state index >= 15 is 0 Å². The summed E-state index contributed by atoms with van der Waals surface area (Å²) in [4.78, 5) is 12.8. The van der Waals surface area contributed by atoms with Crippen LogP contribution in [0.25, 0.3) is 0 Å². The average Bonchev–Trinajstić information content (AvgIpc) is 3.51. The molecule has 0 aliphatic carbocycles. The number of methoxy groups -OCH3 is 1. The van der Waals surface area contributed by atoms with Gasteiger partial charge in [0.2, 0.25) is 26.0 Å². The Morgan fingerprint density at radius 3 is 2.18 bits per heavy atom. The molecule has 2 aromatic rings. The summed E-state index contributed by atoms with van der Waals surface area (Å²) < 4.78 is 70.4. The van der Waals surface area contributed by atoms with Crippen LogP contribution in [0.2, 0.25) is 0 Å². The molecular weight excluding hydrogens is 546 g/mol. The number of ether oxygens (including phenoxy) is 3. The van der Waals surface area contributed by atoms with Gasteiger partial charge in [-0.3, -0.25) is 4.79 Å². The van der Waals surface area contributed by atoms with Gasteiger partial charge in [-0.15, -0.1) is 0 Å². The SMILES string of the molecule is COc1ccc(S(=O)(=O)N2CCCC2)cc1CCC(=O)NCCOc1ccc(S(=O)(=O)N2CCOCC2)cc1. The summed E-state index contributed by atoms with van der Waals surface area (Å²) in [5.74, 6) is 0.817. The molecule has 11 nitrogen and oxygen atoms in total. The molecule has 2 aromatic carbocycles. The number of nitrogens with one attached hydrogen (secondary N) is 1. The maximum Gasteiger partial charge on any atom is 0.243 e. The lowest BCUT2D eigenvalue weighted by Crippen LogP contribution is -2.40. The first kappa shape index (κ1) is 29.3. The van der Waals surface area contributed by atoms with Gasteiger partial charge in [-0.05, 0) is 67.3 Å². The lowest BCUT2D eigenvalue weighted by Gasteiger charge is -2.26. The molecule has 0 bridgehead atoms. The fourth-order valence-corrected chi connectivity index (χ4v) is 7.50. The van der Waals surface area contributed by atoms with Crippen LogP contribution in [0.5, 0.6) is 11.5 Å². The number of carbonyl (C=O) groups excluding carboxylic acids is 1. The van der Waals surface area contributed by atoms with E-state index in [1.54, 1.807) is 24.3 Å². The number of nitrogens with zero attached hydrogens (tertiary/aromatic N) is 2. The van der Waals surface area contributed by atoms with Crippen LogP contribution in [0.4, 0.5) is 0 Å². The van der Waals surface area contributed by atoms with E-state index < -0.39 is 20.0 Å². The van der Waals surface area contributed by atoms with E-state index in [0.29, 0.717) is 62.9 Å². The van der Waals surface area contributed by atoms with E-state index in [0.717, 1.165) is 12.8 Å². The molecular formula is C26H35N3O8S2. The van der Waals surface area contributed by atoms with E-state index in [2.05, 4.69) is 5.32 Å². The number of hydrogen-bond acceptors (Lipinski definition) is 8. The quantitative estimate of drug-likeness (QED) is 0.374. The maximum atomic E-state index is 12.9. The molecule has 39 heavy (non-hydrogen) atoms. The first-order chi connectivity index (χ1) is 18.7. The third kappa shape index (κ3) is 7.28. The Morgan fingerprint density at radius 1 is 0.897 bits per heavy atom. The summed E-state index contributed by atoms with van der Waals surface area (Å²) in [5, 5.41) is 2.78. The Labute approximate surface area is 230 Å². The van der Waals surface area contributed by atoms with E-state index in [1.165, 1.54) is 33.9 Å². The van der Waals surface area contributed by atoms with E-state index in [-0.39, 0.29) is 35.3 Å². The molecule has 13 heteroatoms. The highest BCUT2D eigenvalue weighted by Gasteiger charge is 2.28. The fourth-order valence-electron chi connectivity index (χ4n) is 4.53. The highest BCUT2D eigenvalue weighted by molar-refractivity contribution is 7.89. The first-order valence-corrected chi connectivity index (χ1v) is 15.8. The monoisotopic (exact) mass is 581 g/mol. The molecule has 1 N–H and O–H groups in total. The molecule has 2 aliphatic rings. The van der Waals surface area contributed by atoms with Crippen molar-refractivity contribution in [2.24, 2.45) is 0 Å². The second-order valence-corrected chi connectivity index (χ2v) is 13.1. The van der Waals surface area contributed by atoms with Crippen LogP contribution in [0.3, 0.4) is 0 Å². The highest BCUT2D eigenvalue weighted by Crippen LogP contribution is 2.27. The standard InChI is InChI=1S/C26H35N3O8S2/c1-35-25-10-9-24(39(33,34)28-13-2-3-14-28)20-21(25)4-11-26(30)27-12-17-37-22-5-7-23(8-6-22)38(31,32)29-15-18-36-19-16-29/h5-10,20H,2-4,11-19H2,1H3,(H,27,30). The van der Waals surface area contributed by atoms with E-state index in [4.69, 9.17) is 14.2 Å². The number of benzene rings is 2. The molecule has 0 saturated carbocycles. The molecule has 1 amide bonds. The minimum absolute atomic E-state index is 0.150. The number of amides is 1.